The van der Waals surface area contributed by atoms with Crippen LogP contribution in [0, 0.1) is 0 Å². The number of nitrogens with two attached hydrogens (primary N) is 1. The molecule has 16 heavy (non-hydrogen) atoms. The van der Waals surface area contributed by atoms with E-state index in [4.69, 9.17) is 15.2 Å². The van der Waals surface area contributed by atoms with Crippen LogP contribution in [0.25, 0.3) is 0 Å². The molecule has 2 aliphatic heterocycles. The predicted octanol–water partition coefficient (Wildman–Crippen LogP) is 0.424. The number of ether oxygens (including phenoxy) is 2. The van der Waals surface area contributed by atoms with Gasteiger partial charge in [-0.1, -0.05) is 0 Å². The van der Waals surface area contributed by atoms with Crippen molar-refractivity contribution < 1.29 is 14.3 Å². The molecule has 6 heteroatoms. The molecule has 0 unspecified atom stereocenters. The molecule has 3 rings (SSSR count). The molecular weight excluding hydrogens is 210 g/mol. The minimum absolute atomic E-state index is 0.142. The van der Waals surface area contributed by atoms with Crippen molar-refractivity contribution in [2.24, 2.45) is 10.8 Å². The number of hydrogen-bond acceptors (Lipinski definition) is 5. The van der Waals surface area contributed by atoms with Crippen molar-refractivity contribution in [3.63, 3.8) is 0 Å². The lowest BCUT2D eigenvalue weighted by Gasteiger charge is -2.11. The molecule has 0 saturated heterocycles. The van der Waals surface area contributed by atoms with Crippen LogP contribution < -0.4 is 20.2 Å². The van der Waals surface area contributed by atoms with Crippen molar-refractivity contribution in [2.75, 3.05) is 11.8 Å². The van der Waals surface area contributed by atoms with Gasteiger partial charge < -0.3 is 15.2 Å². The predicted molar refractivity (Wildman–Crippen MR) is 56.3 cm³/mol. The zero-order valence-electron chi connectivity index (χ0n) is 8.34. The summed E-state index contributed by atoms with van der Waals surface area (Å²) in [7, 11) is 0. The first kappa shape index (κ1) is 9.02. The Kier molecular flexibility index (Phi) is 1.76. The van der Waals surface area contributed by atoms with Crippen LogP contribution in [0.2, 0.25) is 0 Å². The Morgan fingerprint density at radius 3 is 2.88 bits per heavy atom. The molecule has 1 aromatic carbocycles. The molecule has 1 aromatic rings. The molecule has 82 valence electrons. The third kappa shape index (κ3) is 1.27. The quantitative estimate of drug-likeness (QED) is 0.742. The van der Waals surface area contributed by atoms with Crippen LogP contribution in [0.5, 0.6) is 11.5 Å². The highest BCUT2D eigenvalue weighted by atomic mass is 16.7. The minimum Gasteiger partial charge on any atom is -0.454 e. The number of hydrogen-bond donors (Lipinski definition) is 1. The first-order valence-corrected chi connectivity index (χ1v) is 4.79. The van der Waals surface area contributed by atoms with Gasteiger partial charge in [-0.3, -0.25) is 4.79 Å². The fraction of sp³-hybridized carbons (Fsp3) is 0.200. The highest BCUT2D eigenvalue weighted by Crippen LogP contribution is 2.36. The summed E-state index contributed by atoms with van der Waals surface area (Å²) in [5.74, 6) is 1.47. The lowest BCUT2D eigenvalue weighted by atomic mass is 10.2. The Morgan fingerprint density at radius 1 is 1.31 bits per heavy atom. The van der Waals surface area contributed by atoms with Gasteiger partial charge in [0.15, 0.2) is 11.5 Å². The van der Waals surface area contributed by atoms with E-state index in [9.17, 15) is 4.79 Å². The van der Waals surface area contributed by atoms with E-state index in [-0.39, 0.29) is 19.1 Å². The first-order valence-electron chi connectivity index (χ1n) is 4.79. The van der Waals surface area contributed by atoms with E-state index in [1.807, 2.05) is 0 Å². The maximum atomic E-state index is 11.5. The van der Waals surface area contributed by atoms with E-state index < -0.39 is 0 Å². The van der Waals surface area contributed by atoms with Gasteiger partial charge in [-0.2, -0.15) is 10.1 Å². The van der Waals surface area contributed by atoms with Crippen LogP contribution in [-0.4, -0.2) is 18.5 Å². The van der Waals surface area contributed by atoms with Crippen LogP contribution in [0.1, 0.15) is 6.42 Å². The Morgan fingerprint density at radius 2 is 2.12 bits per heavy atom. The van der Waals surface area contributed by atoms with Crippen molar-refractivity contribution in [3.8, 4) is 11.5 Å². The number of anilines is 1. The van der Waals surface area contributed by atoms with Gasteiger partial charge in [-0.15, -0.1) is 0 Å². The van der Waals surface area contributed by atoms with Gasteiger partial charge in [0.2, 0.25) is 6.79 Å². The lowest BCUT2D eigenvalue weighted by molar-refractivity contribution is -0.116. The Labute approximate surface area is 91.2 Å². The van der Waals surface area contributed by atoms with Gasteiger partial charge in [-0.25, -0.2) is 0 Å². The second-order valence-electron chi connectivity index (χ2n) is 3.51. The zero-order valence-corrected chi connectivity index (χ0v) is 8.34. The Bertz CT molecular complexity index is 498. The monoisotopic (exact) mass is 219 g/mol. The van der Waals surface area contributed by atoms with Crippen LogP contribution in [0.4, 0.5) is 5.69 Å². The van der Waals surface area contributed by atoms with Gasteiger partial charge in [-0.05, 0) is 12.1 Å². The first-order chi connectivity index (χ1) is 7.74. The molecule has 6 nitrogen and oxygen atoms in total. The molecule has 0 saturated carbocycles. The molecule has 1 amide bonds. The summed E-state index contributed by atoms with van der Waals surface area (Å²) in [5, 5.41) is 5.22. The molecule has 2 aliphatic rings. The van der Waals surface area contributed by atoms with Crippen LogP contribution >= 0.6 is 0 Å². The minimum atomic E-state index is -0.142. The summed E-state index contributed by atoms with van der Waals surface area (Å²) in [6, 6.07) is 5.20. The molecule has 2 N–H and O–H groups in total. The van der Waals surface area contributed by atoms with E-state index in [0.29, 0.717) is 23.0 Å². The third-order valence-corrected chi connectivity index (χ3v) is 2.40. The average Bonchev–Trinajstić information content (AvgIpc) is 2.83. The van der Waals surface area contributed by atoms with Crippen LogP contribution in [0.15, 0.2) is 23.3 Å². The number of nitrogens with zero attached hydrogens (tertiary/aromatic N) is 2. The highest BCUT2D eigenvalue weighted by molar-refractivity contribution is 6.11. The number of hydrazone groups is 1. The number of amidine groups is 1. The van der Waals surface area contributed by atoms with Gasteiger partial charge in [0.05, 0.1) is 12.1 Å². The Hall–Kier alpha value is -2.24. The molecule has 0 bridgehead atoms. The smallest absolute Gasteiger partial charge is 0.255 e. The van der Waals surface area contributed by atoms with Gasteiger partial charge >= 0.3 is 0 Å². The number of fused-ring (bicyclic) bond motifs is 1. The maximum Gasteiger partial charge on any atom is 0.255 e. The molecule has 0 spiro atoms. The summed E-state index contributed by atoms with van der Waals surface area (Å²) in [6.07, 6.45) is 0.161. The SMILES string of the molecule is NC1=NN(c2ccc3c(c2)OCO3)C(=O)C1. The normalized spacial score (nSPS) is 17.9. The standard InChI is InChI=1S/C10H9N3O3/c11-9-4-10(14)13(12-9)6-1-2-7-8(3-6)16-5-15-7/h1-3H,4-5H2,(H2,11,12). The summed E-state index contributed by atoms with van der Waals surface area (Å²) in [5.41, 5.74) is 6.13. The number of amides is 1. The fourth-order valence-electron chi connectivity index (χ4n) is 1.67. The summed E-state index contributed by atoms with van der Waals surface area (Å²) < 4.78 is 10.4. The number of carbonyl (C=O) groups is 1. The van der Waals surface area contributed by atoms with Crippen molar-refractivity contribution in [1.29, 1.82) is 0 Å². The van der Waals surface area contributed by atoms with E-state index in [1.165, 1.54) is 5.01 Å². The van der Waals surface area contributed by atoms with Crippen molar-refractivity contribution in [1.82, 2.24) is 0 Å². The van der Waals surface area contributed by atoms with Gasteiger partial charge in [0.1, 0.15) is 5.84 Å². The molecular formula is C10H9N3O3. The van der Waals surface area contributed by atoms with Crippen molar-refractivity contribution in [3.05, 3.63) is 18.2 Å². The number of rotatable bonds is 1. The molecule has 0 aliphatic carbocycles. The summed E-state index contributed by atoms with van der Waals surface area (Å²) >= 11 is 0. The summed E-state index contributed by atoms with van der Waals surface area (Å²) in [4.78, 5) is 11.5. The number of carbonyl (C=O) groups excluding carboxylic acids is 1. The van der Waals surface area contributed by atoms with Crippen molar-refractivity contribution in [2.45, 2.75) is 6.42 Å². The Balaban J connectivity index is 1.98. The molecule has 2 heterocycles. The van der Waals surface area contributed by atoms with Gasteiger partial charge in [0.25, 0.3) is 5.91 Å². The van der Waals surface area contributed by atoms with E-state index in [0.717, 1.165) is 0 Å². The van der Waals surface area contributed by atoms with E-state index in [2.05, 4.69) is 5.10 Å². The maximum absolute atomic E-state index is 11.5. The third-order valence-electron chi connectivity index (χ3n) is 2.40. The molecule has 0 aromatic heterocycles. The molecule has 0 radical (unpaired) electrons. The van der Waals surface area contributed by atoms with E-state index in [1.54, 1.807) is 18.2 Å². The highest BCUT2D eigenvalue weighted by Gasteiger charge is 2.25. The second kappa shape index (κ2) is 3.13. The number of benzene rings is 1. The largest absolute Gasteiger partial charge is 0.454 e. The fourth-order valence-corrected chi connectivity index (χ4v) is 1.67. The van der Waals surface area contributed by atoms with Crippen LogP contribution in [0.3, 0.4) is 0 Å². The second-order valence-corrected chi connectivity index (χ2v) is 3.51. The van der Waals surface area contributed by atoms with Crippen molar-refractivity contribution >= 4 is 17.4 Å². The zero-order chi connectivity index (χ0) is 11.1. The molecule has 0 fully saturated rings. The lowest BCUT2D eigenvalue weighted by Crippen LogP contribution is -2.19. The van der Waals surface area contributed by atoms with Gasteiger partial charge in [0, 0.05) is 6.07 Å². The molecule has 0 atom stereocenters. The average molecular weight is 219 g/mol. The van der Waals surface area contributed by atoms with Crippen LogP contribution in [-0.2, 0) is 4.79 Å². The summed E-state index contributed by atoms with van der Waals surface area (Å²) in [6.45, 7) is 0.206. The van der Waals surface area contributed by atoms with E-state index >= 15 is 0 Å². The topological polar surface area (TPSA) is 77.2 Å².